The van der Waals surface area contributed by atoms with Crippen LogP contribution < -0.4 is 10.2 Å². The second-order valence-electron chi connectivity index (χ2n) is 7.03. The average Bonchev–Trinajstić information content (AvgIpc) is 2.67. The molecule has 0 spiro atoms. The number of hydrogen-bond acceptors (Lipinski definition) is 4. The van der Waals surface area contributed by atoms with E-state index in [1.165, 1.54) is 30.3 Å². The maximum Gasteiger partial charge on any atom is 0.416 e. The van der Waals surface area contributed by atoms with E-state index < -0.39 is 27.5 Å². The summed E-state index contributed by atoms with van der Waals surface area (Å²) in [7, 11) is -3.41. The molecule has 5 nitrogen and oxygen atoms in total. The lowest BCUT2D eigenvalue weighted by atomic mass is 10.1. The Morgan fingerprint density at radius 1 is 1.00 bits per heavy atom. The van der Waals surface area contributed by atoms with Gasteiger partial charge in [-0.05, 0) is 61.7 Å². The van der Waals surface area contributed by atoms with Crippen LogP contribution in [-0.2, 0) is 16.0 Å². The van der Waals surface area contributed by atoms with Crippen LogP contribution in [0, 0.1) is 0 Å². The van der Waals surface area contributed by atoms with E-state index in [1.807, 2.05) is 4.90 Å². The molecule has 2 aromatic carbocycles. The van der Waals surface area contributed by atoms with Gasteiger partial charge in [-0.2, -0.15) is 13.2 Å². The van der Waals surface area contributed by atoms with Gasteiger partial charge in [-0.15, -0.1) is 0 Å². The lowest BCUT2D eigenvalue weighted by Crippen LogP contribution is -2.30. The molecule has 0 aliphatic carbocycles. The van der Waals surface area contributed by atoms with E-state index in [2.05, 4.69) is 5.32 Å². The van der Waals surface area contributed by atoms with Crippen molar-refractivity contribution in [1.29, 1.82) is 0 Å². The van der Waals surface area contributed by atoms with Crippen molar-refractivity contribution in [3.8, 4) is 0 Å². The molecule has 2 aromatic rings. The van der Waals surface area contributed by atoms with Gasteiger partial charge in [-0.1, -0.05) is 0 Å². The Morgan fingerprint density at radius 2 is 1.62 bits per heavy atom. The highest BCUT2D eigenvalue weighted by atomic mass is 32.2. The first-order chi connectivity index (χ1) is 13.6. The van der Waals surface area contributed by atoms with E-state index >= 15 is 0 Å². The Morgan fingerprint density at radius 3 is 2.17 bits per heavy atom. The Balaban J connectivity index is 1.91. The van der Waals surface area contributed by atoms with Gasteiger partial charge >= 0.3 is 6.18 Å². The van der Waals surface area contributed by atoms with Crippen LogP contribution >= 0.6 is 0 Å². The second-order valence-corrected chi connectivity index (χ2v) is 9.04. The first-order valence-corrected chi connectivity index (χ1v) is 11.0. The molecule has 0 radical (unpaired) electrons. The van der Waals surface area contributed by atoms with E-state index in [4.69, 9.17) is 0 Å². The van der Waals surface area contributed by atoms with Gasteiger partial charge in [0.05, 0.1) is 21.8 Å². The molecular weight excluding hydrogens is 405 g/mol. The average molecular weight is 426 g/mol. The van der Waals surface area contributed by atoms with E-state index in [0.29, 0.717) is 18.8 Å². The van der Waals surface area contributed by atoms with E-state index in [-0.39, 0.29) is 16.1 Å². The number of nitrogens with one attached hydrogen (secondary N) is 1. The monoisotopic (exact) mass is 426 g/mol. The maximum absolute atomic E-state index is 13.2. The summed E-state index contributed by atoms with van der Waals surface area (Å²) in [5.74, 6) is -0.609. The number of rotatable bonds is 4. The van der Waals surface area contributed by atoms with Crippen molar-refractivity contribution in [1.82, 2.24) is 0 Å². The van der Waals surface area contributed by atoms with Gasteiger partial charge in [-0.25, -0.2) is 8.42 Å². The normalized spacial score (nSPS) is 15.2. The Kier molecular flexibility index (Phi) is 5.88. The van der Waals surface area contributed by atoms with Gasteiger partial charge in [0.15, 0.2) is 9.84 Å². The molecule has 29 heavy (non-hydrogen) atoms. The van der Waals surface area contributed by atoms with Crippen LogP contribution in [0.25, 0.3) is 0 Å². The van der Waals surface area contributed by atoms with Crippen molar-refractivity contribution >= 4 is 27.1 Å². The highest BCUT2D eigenvalue weighted by molar-refractivity contribution is 7.90. The summed E-state index contributed by atoms with van der Waals surface area (Å²) in [6.07, 6.45) is -0.555. The number of carbonyl (C=O) groups excluding carboxylic acids is 1. The zero-order valence-electron chi connectivity index (χ0n) is 15.8. The first-order valence-electron chi connectivity index (χ1n) is 9.13. The molecule has 1 saturated heterocycles. The number of alkyl halides is 3. The molecule has 1 heterocycles. The number of sulfone groups is 1. The fourth-order valence-corrected chi connectivity index (χ4v) is 3.90. The zero-order valence-corrected chi connectivity index (χ0v) is 16.6. The molecule has 3 rings (SSSR count). The molecule has 1 N–H and O–H groups in total. The summed E-state index contributed by atoms with van der Waals surface area (Å²) in [4.78, 5) is 14.6. The highest BCUT2D eigenvalue weighted by Gasteiger charge is 2.32. The predicted octanol–water partition coefficient (Wildman–Crippen LogP) is 4.35. The molecule has 156 valence electrons. The molecular formula is C20H21F3N2O3S. The number of benzene rings is 2. The highest BCUT2D eigenvalue weighted by Crippen LogP contribution is 2.36. The Hall–Kier alpha value is -2.55. The van der Waals surface area contributed by atoms with E-state index in [9.17, 15) is 26.4 Å². The van der Waals surface area contributed by atoms with Gasteiger partial charge < -0.3 is 10.2 Å². The minimum Gasteiger partial charge on any atom is -0.370 e. The van der Waals surface area contributed by atoms with Crippen molar-refractivity contribution in [2.45, 2.75) is 30.3 Å². The van der Waals surface area contributed by atoms with Crippen molar-refractivity contribution in [2.24, 2.45) is 0 Å². The molecule has 1 aliphatic rings. The summed E-state index contributed by atoms with van der Waals surface area (Å²) in [5.41, 5.74) is -0.0712. The topological polar surface area (TPSA) is 66.5 Å². The third kappa shape index (κ3) is 5.09. The molecule has 1 fully saturated rings. The molecule has 0 unspecified atom stereocenters. The lowest BCUT2D eigenvalue weighted by Gasteiger charge is -2.31. The van der Waals surface area contributed by atoms with E-state index in [0.717, 1.165) is 37.7 Å². The Bertz CT molecular complexity index is 997. The molecule has 0 atom stereocenters. The zero-order chi connectivity index (χ0) is 21.2. The van der Waals surface area contributed by atoms with Gasteiger partial charge in [0.1, 0.15) is 0 Å². The SMILES string of the molecule is CS(=O)(=O)c1ccc(C(=O)Nc2cc(C(F)(F)F)ccc2N2CCCCC2)cc1. The summed E-state index contributed by atoms with van der Waals surface area (Å²) < 4.78 is 62.6. The molecule has 1 amide bonds. The molecule has 0 aromatic heterocycles. The standard InChI is InChI=1S/C20H21F3N2O3S/c1-29(27,28)16-8-5-14(6-9-16)19(26)24-17-13-15(20(21,22)23)7-10-18(17)25-11-3-2-4-12-25/h5-10,13H,2-4,11-12H2,1H3,(H,24,26). The summed E-state index contributed by atoms with van der Waals surface area (Å²) in [6, 6.07) is 8.59. The van der Waals surface area contributed by atoms with Crippen LogP contribution in [0.15, 0.2) is 47.4 Å². The summed E-state index contributed by atoms with van der Waals surface area (Å²) >= 11 is 0. The van der Waals surface area contributed by atoms with Crippen LogP contribution in [-0.4, -0.2) is 33.7 Å². The van der Waals surface area contributed by atoms with Crippen LogP contribution in [0.2, 0.25) is 0 Å². The Labute approximate surface area is 167 Å². The number of hydrogen-bond donors (Lipinski definition) is 1. The van der Waals surface area contributed by atoms with Crippen molar-refractivity contribution < 1.29 is 26.4 Å². The number of nitrogens with zero attached hydrogens (tertiary/aromatic N) is 1. The fourth-order valence-electron chi connectivity index (χ4n) is 3.27. The first kappa shape index (κ1) is 21.2. The number of anilines is 2. The number of carbonyl (C=O) groups is 1. The summed E-state index contributed by atoms with van der Waals surface area (Å²) in [6.45, 7) is 1.41. The maximum atomic E-state index is 13.2. The van der Waals surface area contributed by atoms with Gasteiger partial charge in [-0.3, -0.25) is 4.79 Å². The van der Waals surface area contributed by atoms with Gasteiger partial charge in [0.2, 0.25) is 0 Å². The van der Waals surface area contributed by atoms with Crippen molar-refractivity contribution in [3.05, 3.63) is 53.6 Å². The van der Waals surface area contributed by atoms with E-state index in [1.54, 1.807) is 0 Å². The molecule has 9 heteroatoms. The predicted molar refractivity (Wildman–Crippen MR) is 105 cm³/mol. The molecule has 0 bridgehead atoms. The lowest BCUT2D eigenvalue weighted by molar-refractivity contribution is -0.137. The smallest absolute Gasteiger partial charge is 0.370 e. The molecule has 0 saturated carbocycles. The fraction of sp³-hybridized carbons (Fsp3) is 0.350. The molecule has 1 aliphatic heterocycles. The van der Waals surface area contributed by atoms with Gasteiger partial charge in [0.25, 0.3) is 5.91 Å². The van der Waals surface area contributed by atoms with Crippen molar-refractivity contribution in [2.75, 3.05) is 29.6 Å². The van der Waals surface area contributed by atoms with Crippen LogP contribution in [0.5, 0.6) is 0 Å². The van der Waals surface area contributed by atoms with Gasteiger partial charge in [0, 0.05) is 24.9 Å². The number of piperidine rings is 1. The summed E-state index contributed by atoms with van der Waals surface area (Å²) in [5, 5.41) is 2.56. The minimum atomic E-state index is -4.53. The van der Waals surface area contributed by atoms with Crippen LogP contribution in [0.4, 0.5) is 24.5 Å². The third-order valence-electron chi connectivity index (χ3n) is 4.81. The third-order valence-corrected chi connectivity index (χ3v) is 5.94. The van der Waals surface area contributed by atoms with Crippen LogP contribution in [0.1, 0.15) is 35.2 Å². The quantitative estimate of drug-likeness (QED) is 0.789. The second kappa shape index (κ2) is 8.06. The largest absolute Gasteiger partial charge is 0.416 e. The minimum absolute atomic E-state index is 0.0575. The van der Waals surface area contributed by atoms with Crippen molar-refractivity contribution in [3.63, 3.8) is 0 Å². The number of amides is 1. The number of halogens is 3. The van der Waals surface area contributed by atoms with Crippen LogP contribution in [0.3, 0.4) is 0 Å².